The minimum Gasteiger partial charge on any atom is -0.506 e. The van der Waals surface area contributed by atoms with Gasteiger partial charge in [-0.15, -0.1) is 11.3 Å². The van der Waals surface area contributed by atoms with E-state index < -0.39 is 0 Å². The lowest BCUT2D eigenvalue weighted by Gasteiger charge is -2.44. The Hall–Kier alpha value is -2.91. The van der Waals surface area contributed by atoms with Crippen molar-refractivity contribution in [1.82, 2.24) is 19.8 Å². The topological polar surface area (TPSA) is 105 Å². The number of phenolic OH excluding ortho intramolecular Hbond substituents is 1. The lowest BCUT2D eigenvalue weighted by Crippen LogP contribution is -2.60. The molecule has 1 saturated heterocycles. The second kappa shape index (κ2) is 7.35. The first-order valence-electron chi connectivity index (χ1n) is 9.88. The Morgan fingerprint density at radius 1 is 1.29 bits per heavy atom. The molecule has 0 atom stereocenters. The van der Waals surface area contributed by atoms with E-state index in [9.17, 15) is 19.5 Å². The van der Waals surface area contributed by atoms with Gasteiger partial charge in [-0.2, -0.15) is 0 Å². The predicted octanol–water partition coefficient (Wildman–Crippen LogP) is 2.24. The van der Waals surface area contributed by atoms with E-state index in [0.717, 1.165) is 12.8 Å². The van der Waals surface area contributed by atoms with Gasteiger partial charge in [0.25, 0.3) is 11.5 Å². The van der Waals surface area contributed by atoms with Gasteiger partial charge in [0.05, 0.1) is 16.7 Å². The van der Waals surface area contributed by atoms with Gasteiger partial charge in [-0.05, 0) is 42.5 Å². The summed E-state index contributed by atoms with van der Waals surface area (Å²) in [7, 11) is 0. The van der Waals surface area contributed by atoms with E-state index in [4.69, 9.17) is 11.6 Å². The maximum atomic E-state index is 12.6. The molecule has 0 unspecified atom stereocenters. The third-order valence-corrected chi connectivity index (χ3v) is 7.27. The minimum absolute atomic E-state index is 0.0479. The van der Waals surface area contributed by atoms with Crippen molar-refractivity contribution in [2.75, 3.05) is 13.1 Å². The molecule has 31 heavy (non-hydrogen) atoms. The molecule has 2 aromatic heterocycles. The second-order valence-electron chi connectivity index (χ2n) is 8.09. The predicted molar refractivity (Wildman–Crippen MR) is 116 cm³/mol. The van der Waals surface area contributed by atoms with Crippen molar-refractivity contribution in [2.24, 2.45) is 5.92 Å². The van der Waals surface area contributed by atoms with Crippen LogP contribution in [-0.4, -0.2) is 50.0 Å². The molecule has 5 rings (SSSR count). The molecule has 0 radical (unpaired) electrons. The summed E-state index contributed by atoms with van der Waals surface area (Å²) in [6.07, 6.45) is 3.12. The highest BCUT2D eigenvalue weighted by atomic mass is 35.5. The Morgan fingerprint density at radius 2 is 2.06 bits per heavy atom. The van der Waals surface area contributed by atoms with Crippen molar-refractivity contribution in [2.45, 2.75) is 24.9 Å². The fourth-order valence-electron chi connectivity index (χ4n) is 4.01. The first-order chi connectivity index (χ1) is 14.9. The number of nitrogens with one attached hydrogen (secondary N) is 1. The Bertz CT molecular complexity index is 1260. The normalized spacial score (nSPS) is 17.4. The van der Waals surface area contributed by atoms with Gasteiger partial charge in [-0.3, -0.25) is 19.0 Å². The van der Waals surface area contributed by atoms with Crippen LogP contribution in [0.25, 0.3) is 10.2 Å². The van der Waals surface area contributed by atoms with Gasteiger partial charge >= 0.3 is 0 Å². The van der Waals surface area contributed by atoms with Crippen molar-refractivity contribution in [3.05, 3.63) is 56.9 Å². The highest BCUT2D eigenvalue weighted by Gasteiger charge is 2.55. The number of fused-ring (bicyclic) bond motifs is 1. The summed E-state index contributed by atoms with van der Waals surface area (Å²) in [5.74, 6) is -0.379. The van der Waals surface area contributed by atoms with Crippen LogP contribution in [0.4, 0.5) is 0 Å². The van der Waals surface area contributed by atoms with E-state index in [1.54, 1.807) is 22.4 Å². The summed E-state index contributed by atoms with van der Waals surface area (Å²) >= 11 is 7.20. The number of likely N-dealkylation sites (tertiary alicyclic amines) is 1. The number of phenols is 1. The van der Waals surface area contributed by atoms with Crippen LogP contribution >= 0.6 is 22.9 Å². The number of benzene rings is 1. The van der Waals surface area contributed by atoms with E-state index in [1.165, 1.54) is 34.4 Å². The number of nitrogens with zero attached hydrogens (tertiary/aromatic N) is 3. The fraction of sp³-hybridized carbons (Fsp3) is 0.333. The van der Waals surface area contributed by atoms with Gasteiger partial charge in [-0.25, -0.2) is 4.98 Å². The maximum Gasteiger partial charge on any atom is 0.262 e. The zero-order valence-electron chi connectivity index (χ0n) is 16.4. The number of carbonyl (C=O) groups is 2. The van der Waals surface area contributed by atoms with Gasteiger partial charge in [0.15, 0.2) is 0 Å². The van der Waals surface area contributed by atoms with E-state index in [0.29, 0.717) is 28.9 Å². The summed E-state index contributed by atoms with van der Waals surface area (Å²) < 4.78 is 1.34. The van der Waals surface area contributed by atoms with E-state index in [2.05, 4.69) is 10.3 Å². The number of aromatic hydroxyl groups is 1. The quantitative estimate of drug-likeness (QED) is 0.610. The van der Waals surface area contributed by atoms with Gasteiger partial charge in [0, 0.05) is 30.1 Å². The third-order valence-electron chi connectivity index (χ3n) is 6.13. The monoisotopic (exact) mass is 458 g/mol. The molecule has 3 heterocycles. The standard InChI is InChI=1S/C21H19ClN4O4S/c22-15-2-1-12(7-16(15)27)18(29)24-21(4-5-21)13-8-25(9-13)17(28)10-26-11-23-19-14(20(26)30)3-6-31-19/h1-3,6-7,11,13,27H,4-5,8-10H2,(H,24,29). The molecule has 0 bridgehead atoms. The molecule has 2 aliphatic rings. The number of amides is 2. The molecule has 1 aliphatic heterocycles. The highest BCUT2D eigenvalue weighted by molar-refractivity contribution is 7.16. The smallest absolute Gasteiger partial charge is 0.262 e. The molecule has 160 valence electrons. The van der Waals surface area contributed by atoms with Crippen LogP contribution in [0.2, 0.25) is 5.02 Å². The van der Waals surface area contributed by atoms with Crippen molar-refractivity contribution in [1.29, 1.82) is 0 Å². The van der Waals surface area contributed by atoms with Gasteiger partial charge in [0.1, 0.15) is 17.1 Å². The number of hydrogen-bond acceptors (Lipinski definition) is 6. The molecule has 1 saturated carbocycles. The average Bonchev–Trinajstić information content (AvgIpc) is 3.29. The number of carbonyl (C=O) groups excluding carboxylic acids is 2. The molecule has 3 aromatic rings. The molecule has 2 N–H and O–H groups in total. The molecule has 10 heteroatoms. The Balaban J connectivity index is 1.20. The Morgan fingerprint density at radius 3 is 2.77 bits per heavy atom. The maximum absolute atomic E-state index is 12.6. The summed E-state index contributed by atoms with van der Waals surface area (Å²) in [5, 5.41) is 15.3. The minimum atomic E-state index is -0.322. The number of aromatic nitrogens is 2. The number of rotatable bonds is 5. The highest BCUT2D eigenvalue weighted by Crippen LogP contribution is 2.46. The summed E-state index contributed by atoms with van der Waals surface area (Å²) in [5.41, 5.74) is -0.193. The average molecular weight is 459 g/mol. The lowest BCUT2D eigenvalue weighted by atomic mass is 9.88. The fourth-order valence-corrected chi connectivity index (χ4v) is 4.85. The third kappa shape index (κ3) is 3.57. The van der Waals surface area contributed by atoms with E-state index in [1.807, 2.05) is 0 Å². The van der Waals surface area contributed by atoms with Gasteiger partial charge < -0.3 is 15.3 Å². The first kappa shape index (κ1) is 20.0. The molecule has 8 nitrogen and oxygen atoms in total. The molecule has 2 amide bonds. The van der Waals surface area contributed by atoms with Gasteiger partial charge in [0.2, 0.25) is 5.91 Å². The van der Waals surface area contributed by atoms with Gasteiger partial charge in [-0.1, -0.05) is 11.6 Å². The number of halogens is 1. The zero-order valence-corrected chi connectivity index (χ0v) is 17.9. The van der Waals surface area contributed by atoms with Crippen LogP contribution in [-0.2, 0) is 11.3 Å². The second-order valence-corrected chi connectivity index (χ2v) is 9.39. The molecule has 1 aromatic carbocycles. The van der Waals surface area contributed by atoms with Crippen molar-refractivity contribution in [3.63, 3.8) is 0 Å². The lowest BCUT2D eigenvalue weighted by molar-refractivity contribution is -0.139. The van der Waals surface area contributed by atoms with Crippen molar-refractivity contribution in [3.8, 4) is 5.75 Å². The zero-order chi connectivity index (χ0) is 21.8. The van der Waals surface area contributed by atoms with Crippen LogP contribution < -0.4 is 10.9 Å². The molecular weight excluding hydrogens is 440 g/mol. The molecule has 2 fully saturated rings. The van der Waals surface area contributed by atoms with Crippen LogP contribution in [0.5, 0.6) is 5.75 Å². The molecular formula is C21H19ClN4O4S. The van der Waals surface area contributed by atoms with E-state index in [-0.39, 0.29) is 46.1 Å². The largest absolute Gasteiger partial charge is 0.506 e. The first-order valence-corrected chi connectivity index (χ1v) is 11.1. The number of thiophene rings is 1. The van der Waals surface area contributed by atoms with Crippen LogP contribution in [0, 0.1) is 5.92 Å². The molecule has 1 aliphatic carbocycles. The van der Waals surface area contributed by atoms with Crippen LogP contribution in [0.15, 0.2) is 40.8 Å². The number of hydrogen-bond donors (Lipinski definition) is 2. The Kier molecular flexibility index (Phi) is 4.75. The molecule has 0 spiro atoms. The summed E-state index contributed by atoms with van der Waals surface area (Å²) in [6.45, 7) is 1.02. The van der Waals surface area contributed by atoms with Crippen molar-refractivity contribution < 1.29 is 14.7 Å². The summed E-state index contributed by atoms with van der Waals surface area (Å²) in [6, 6.07) is 6.12. The SMILES string of the molecule is O=C(NC1(C2CN(C(=O)Cn3cnc4sccc4c3=O)C2)CC1)c1ccc(Cl)c(O)c1. The van der Waals surface area contributed by atoms with Crippen molar-refractivity contribution >= 4 is 45.0 Å². The summed E-state index contributed by atoms with van der Waals surface area (Å²) in [4.78, 5) is 44.3. The van der Waals surface area contributed by atoms with Crippen LogP contribution in [0.1, 0.15) is 23.2 Å². The Labute approximate surface area is 186 Å². The van der Waals surface area contributed by atoms with E-state index >= 15 is 0 Å². The van der Waals surface area contributed by atoms with Crippen LogP contribution in [0.3, 0.4) is 0 Å².